The Labute approximate surface area is 122 Å². The normalized spacial score (nSPS) is 11.2. The highest BCUT2D eigenvalue weighted by molar-refractivity contribution is 6.31. The van der Waals surface area contributed by atoms with Crippen LogP contribution in [0.15, 0.2) is 48.5 Å². The molecular weight excluding hydrogens is 276 g/mol. The molecule has 0 aromatic heterocycles. The van der Waals surface area contributed by atoms with Gasteiger partial charge in [0.25, 0.3) is 0 Å². The van der Waals surface area contributed by atoms with Gasteiger partial charge in [-0.1, -0.05) is 41.9 Å². The Morgan fingerprint density at radius 1 is 1.20 bits per heavy atom. The number of hydrogen-bond donors (Lipinski definition) is 1. The van der Waals surface area contributed by atoms with Gasteiger partial charge in [0.05, 0.1) is 12.7 Å². The van der Waals surface area contributed by atoms with E-state index >= 15 is 0 Å². The summed E-state index contributed by atoms with van der Waals surface area (Å²) >= 11 is 5.94. The fraction of sp³-hybridized carbons (Fsp3) is 0.0625. The van der Waals surface area contributed by atoms with Gasteiger partial charge in [-0.05, 0) is 29.8 Å². The Morgan fingerprint density at radius 2 is 1.95 bits per heavy atom. The lowest BCUT2D eigenvalue weighted by atomic mass is 10.0. The molecule has 0 aliphatic carbocycles. The number of benzene rings is 2. The van der Waals surface area contributed by atoms with E-state index < -0.39 is 5.97 Å². The first-order valence-corrected chi connectivity index (χ1v) is 6.33. The highest BCUT2D eigenvalue weighted by Crippen LogP contribution is 2.26. The van der Waals surface area contributed by atoms with E-state index in [0.717, 1.165) is 0 Å². The molecule has 3 nitrogen and oxygen atoms in total. The Hall–Kier alpha value is -2.26. The summed E-state index contributed by atoms with van der Waals surface area (Å²) in [6.07, 6.45) is 1.58. The van der Waals surface area contributed by atoms with Crippen LogP contribution in [0.3, 0.4) is 0 Å². The second kappa shape index (κ2) is 6.26. The molecule has 20 heavy (non-hydrogen) atoms. The predicted molar refractivity (Wildman–Crippen MR) is 79.4 cm³/mol. The zero-order valence-electron chi connectivity index (χ0n) is 10.8. The van der Waals surface area contributed by atoms with E-state index in [4.69, 9.17) is 16.3 Å². The van der Waals surface area contributed by atoms with Crippen LogP contribution in [0, 0.1) is 0 Å². The van der Waals surface area contributed by atoms with E-state index in [0.29, 0.717) is 21.7 Å². The van der Waals surface area contributed by atoms with Gasteiger partial charge in [0.15, 0.2) is 0 Å². The van der Waals surface area contributed by atoms with Gasteiger partial charge in [-0.25, -0.2) is 4.79 Å². The van der Waals surface area contributed by atoms with E-state index in [1.165, 1.54) is 7.11 Å². The predicted octanol–water partition coefficient (Wildman–Crippen LogP) is 3.76. The third kappa shape index (κ3) is 3.19. The second-order valence-corrected chi connectivity index (χ2v) is 4.56. The van der Waals surface area contributed by atoms with Crippen LogP contribution in [0.2, 0.25) is 5.02 Å². The van der Waals surface area contributed by atoms with Crippen molar-refractivity contribution in [1.82, 2.24) is 0 Å². The third-order valence-corrected chi connectivity index (χ3v) is 3.01. The second-order valence-electron chi connectivity index (χ2n) is 4.12. The Bertz CT molecular complexity index is 662. The van der Waals surface area contributed by atoms with Crippen LogP contribution in [0.5, 0.6) is 5.75 Å². The molecule has 0 unspecified atom stereocenters. The van der Waals surface area contributed by atoms with E-state index in [1.54, 1.807) is 54.6 Å². The average molecular weight is 289 g/mol. The van der Waals surface area contributed by atoms with E-state index in [2.05, 4.69) is 0 Å². The van der Waals surface area contributed by atoms with Gasteiger partial charge in [-0.2, -0.15) is 0 Å². The highest BCUT2D eigenvalue weighted by atomic mass is 35.5. The monoisotopic (exact) mass is 288 g/mol. The lowest BCUT2D eigenvalue weighted by molar-refractivity contribution is -0.133. The minimum atomic E-state index is -0.490. The van der Waals surface area contributed by atoms with Crippen molar-refractivity contribution in [2.45, 2.75) is 0 Å². The van der Waals surface area contributed by atoms with Crippen LogP contribution >= 0.6 is 11.6 Å². The minimum absolute atomic E-state index is 0.0935. The van der Waals surface area contributed by atoms with Crippen molar-refractivity contribution >= 4 is 29.2 Å². The van der Waals surface area contributed by atoms with Crippen LogP contribution in [0.25, 0.3) is 11.6 Å². The quantitative estimate of drug-likeness (QED) is 0.531. The first kappa shape index (κ1) is 14.2. The largest absolute Gasteiger partial charge is 0.507 e. The van der Waals surface area contributed by atoms with Crippen molar-refractivity contribution in [2.24, 2.45) is 0 Å². The van der Waals surface area contributed by atoms with Gasteiger partial charge >= 0.3 is 5.97 Å². The van der Waals surface area contributed by atoms with Crippen LogP contribution in [-0.4, -0.2) is 18.2 Å². The Balaban J connectivity index is 2.54. The number of methoxy groups -OCH3 is 1. The maximum Gasteiger partial charge on any atom is 0.338 e. The number of hydrogen-bond acceptors (Lipinski definition) is 3. The molecule has 0 saturated heterocycles. The maximum absolute atomic E-state index is 11.9. The molecule has 2 aromatic carbocycles. The van der Waals surface area contributed by atoms with Crippen molar-refractivity contribution in [2.75, 3.05) is 7.11 Å². The first-order chi connectivity index (χ1) is 9.61. The topological polar surface area (TPSA) is 46.5 Å². The molecule has 0 atom stereocenters. The standard InChI is InChI=1S/C16H13ClO3/c1-20-16(19)14(11-6-4-7-13(17)9-11)10-12-5-2-3-8-15(12)18/h2-10,18H,1H3/b14-10+. The lowest BCUT2D eigenvalue weighted by Gasteiger charge is -2.07. The summed E-state index contributed by atoms with van der Waals surface area (Å²) in [5.74, 6) is -0.397. The smallest absolute Gasteiger partial charge is 0.338 e. The van der Waals surface area contributed by atoms with Gasteiger partial charge in [0.1, 0.15) is 5.75 Å². The SMILES string of the molecule is COC(=O)/C(=C/c1ccccc1O)c1cccc(Cl)c1. The molecule has 0 bridgehead atoms. The summed E-state index contributed by atoms with van der Waals surface area (Å²) in [5.41, 5.74) is 1.50. The van der Waals surface area contributed by atoms with Gasteiger partial charge < -0.3 is 9.84 Å². The fourth-order valence-corrected chi connectivity index (χ4v) is 1.98. The maximum atomic E-state index is 11.9. The van der Waals surface area contributed by atoms with Crippen molar-refractivity contribution < 1.29 is 14.6 Å². The number of carbonyl (C=O) groups excluding carboxylic acids is 1. The number of esters is 1. The van der Waals surface area contributed by atoms with E-state index in [1.807, 2.05) is 0 Å². The Kier molecular flexibility index (Phi) is 4.43. The number of para-hydroxylation sites is 1. The summed E-state index contributed by atoms with van der Waals surface area (Å²) in [5, 5.41) is 10.3. The molecule has 0 saturated carbocycles. The minimum Gasteiger partial charge on any atom is -0.507 e. The van der Waals surface area contributed by atoms with Crippen molar-refractivity contribution in [3.8, 4) is 5.75 Å². The molecule has 4 heteroatoms. The number of halogens is 1. The molecule has 0 spiro atoms. The van der Waals surface area contributed by atoms with Gasteiger partial charge in [0.2, 0.25) is 0 Å². The van der Waals surface area contributed by atoms with Crippen LogP contribution in [0.1, 0.15) is 11.1 Å². The number of phenolic OH excluding ortho intramolecular Hbond substituents is 1. The third-order valence-electron chi connectivity index (χ3n) is 2.78. The Morgan fingerprint density at radius 3 is 2.60 bits per heavy atom. The van der Waals surface area contributed by atoms with Crippen molar-refractivity contribution in [3.63, 3.8) is 0 Å². The summed E-state index contributed by atoms with van der Waals surface area (Å²) in [6.45, 7) is 0. The van der Waals surface area contributed by atoms with Crippen LogP contribution < -0.4 is 0 Å². The van der Waals surface area contributed by atoms with Gasteiger partial charge in [-0.3, -0.25) is 0 Å². The molecule has 0 heterocycles. The van der Waals surface area contributed by atoms with Crippen LogP contribution in [0.4, 0.5) is 0 Å². The van der Waals surface area contributed by atoms with E-state index in [9.17, 15) is 9.90 Å². The summed E-state index contributed by atoms with van der Waals surface area (Å²) in [4.78, 5) is 11.9. The molecule has 0 fully saturated rings. The molecule has 2 aromatic rings. The first-order valence-electron chi connectivity index (χ1n) is 5.96. The molecule has 0 amide bonds. The number of ether oxygens (including phenoxy) is 1. The van der Waals surface area contributed by atoms with Gasteiger partial charge in [0, 0.05) is 10.6 Å². The van der Waals surface area contributed by atoms with Crippen molar-refractivity contribution in [1.29, 1.82) is 0 Å². The highest BCUT2D eigenvalue weighted by Gasteiger charge is 2.13. The number of phenols is 1. The average Bonchev–Trinajstić information content (AvgIpc) is 2.45. The summed E-state index contributed by atoms with van der Waals surface area (Å²) in [6, 6.07) is 13.7. The summed E-state index contributed by atoms with van der Waals surface area (Å²) < 4.78 is 4.79. The number of aromatic hydroxyl groups is 1. The molecule has 2 rings (SSSR count). The molecule has 102 valence electrons. The molecule has 0 aliphatic rings. The number of rotatable bonds is 3. The zero-order valence-corrected chi connectivity index (χ0v) is 11.6. The van der Waals surface area contributed by atoms with Crippen LogP contribution in [-0.2, 0) is 9.53 Å². The molecule has 0 aliphatic heterocycles. The lowest BCUT2D eigenvalue weighted by Crippen LogP contribution is -2.03. The summed E-state index contributed by atoms with van der Waals surface area (Å²) in [7, 11) is 1.31. The van der Waals surface area contributed by atoms with Crippen molar-refractivity contribution in [3.05, 3.63) is 64.7 Å². The fourth-order valence-electron chi connectivity index (χ4n) is 1.79. The number of carbonyl (C=O) groups is 1. The zero-order chi connectivity index (χ0) is 14.5. The van der Waals surface area contributed by atoms with E-state index in [-0.39, 0.29) is 5.75 Å². The van der Waals surface area contributed by atoms with Gasteiger partial charge in [-0.15, -0.1) is 0 Å². The molecule has 1 N–H and O–H groups in total. The molecular formula is C16H13ClO3. The molecule has 0 radical (unpaired) electrons.